The number of halogens is 1. The van der Waals surface area contributed by atoms with E-state index in [9.17, 15) is 4.39 Å². The Balaban J connectivity index is 2.20. The van der Waals surface area contributed by atoms with E-state index >= 15 is 0 Å². The topological polar surface area (TPSA) is 38.0 Å². The number of anilines is 1. The van der Waals surface area contributed by atoms with Crippen molar-refractivity contribution < 1.29 is 4.39 Å². The van der Waals surface area contributed by atoms with Crippen LogP contribution in [0, 0.1) is 5.82 Å². The van der Waals surface area contributed by atoms with Crippen LogP contribution in [0.2, 0.25) is 0 Å². The van der Waals surface area contributed by atoms with E-state index in [0.717, 1.165) is 23.2 Å². The highest BCUT2D eigenvalue weighted by molar-refractivity contribution is 5.47. The van der Waals surface area contributed by atoms with Gasteiger partial charge >= 0.3 is 0 Å². The van der Waals surface area contributed by atoms with Gasteiger partial charge in [-0.3, -0.25) is 0 Å². The molecule has 0 radical (unpaired) electrons. The van der Waals surface area contributed by atoms with Crippen molar-refractivity contribution in [2.75, 3.05) is 12.8 Å². The van der Waals surface area contributed by atoms with Crippen LogP contribution in [0.3, 0.4) is 0 Å². The summed E-state index contributed by atoms with van der Waals surface area (Å²) in [7, 11) is 1.90. The average molecular weight is 244 g/mol. The van der Waals surface area contributed by atoms with Crippen LogP contribution in [0.25, 0.3) is 0 Å². The van der Waals surface area contributed by atoms with Gasteiger partial charge in [-0.25, -0.2) is 4.39 Å². The first kappa shape index (κ1) is 12.6. The van der Waals surface area contributed by atoms with Crippen LogP contribution >= 0.6 is 0 Å². The van der Waals surface area contributed by atoms with Crippen molar-refractivity contribution >= 4 is 5.69 Å². The summed E-state index contributed by atoms with van der Waals surface area (Å²) in [5.74, 6) is -0.215. The molecule has 2 aromatic carbocycles. The number of hydrogen-bond acceptors (Lipinski definition) is 2. The predicted octanol–water partition coefficient (Wildman–Crippen LogP) is 2.91. The molecule has 0 amide bonds. The zero-order chi connectivity index (χ0) is 13.0. The summed E-state index contributed by atoms with van der Waals surface area (Å²) in [6.07, 6.45) is 0.787. The third-order valence-electron chi connectivity index (χ3n) is 3.10. The Morgan fingerprint density at radius 1 is 1.11 bits per heavy atom. The van der Waals surface area contributed by atoms with Gasteiger partial charge in [-0.1, -0.05) is 30.3 Å². The number of nitrogens with one attached hydrogen (secondary N) is 1. The first-order valence-corrected chi connectivity index (χ1v) is 5.97. The molecule has 0 saturated heterocycles. The standard InChI is InChI=1S/C15H17FN2/c1-18-15(11-6-8-13(16)9-7-11)10-12-4-2-3-5-14(12)17/h2-9,15,18H,10,17H2,1H3/t15-/m1/s1. The number of hydrogen-bond donors (Lipinski definition) is 2. The second-order valence-corrected chi connectivity index (χ2v) is 4.30. The normalized spacial score (nSPS) is 12.3. The molecular weight excluding hydrogens is 227 g/mol. The summed E-state index contributed by atoms with van der Waals surface area (Å²) < 4.78 is 12.9. The first-order chi connectivity index (χ1) is 8.70. The van der Waals surface area contributed by atoms with Crippen LogP contribution in [0.4, 0.5) is 10.1 Å². The van der Waals surface area contributed by atoms with Crippen molar-refractivity contribution in [3.8, 4) is 0 Å². The number of benzene rings is 2. The van der Waals surface area contributed by atoms with E-state index in [1.165, 1.54) is 12.1 Å². The van der Waals surface area contributed by atoms with Crippen molar-refractivity contribution in [2.45, 2.75) is 12.5 Å². The molecule has 1 atom stereocenters. The molecule has 3 N–H and O–H groups in total. The molecule has 0 bridgehead atoms. The molecule has 0 aliphatic heterocycles. The maximum absolute atomic E-state index is 12.9. The molecule has 0 aliphatic rings. The summed E-state index contributed by atoms with van der Waals surface area (Å²) in [4.78, 5) is 0. The van der Waals surface area contributed by atoms with E-state index in [-0.39, 0.29) is 11.9 Å². The van der Waals surface area contributed by atoms with Crippen molar-refractivity contribution in [1.82, 2.24) is 5.32 Å². The lowest BCUT2D eigenvalue weighted by Gasteiger charge is -2.17. The summed E-state index contributed by atoms with van der Waals surface area (Å²) in [6.45, 7) is 0. The number of rotatable bonds is 4. The van der Waals surface area contributed by atoms with Crippen LogP contribution in [-0.2, 0) is 6.42 Å². The second kappa shape index (κ2) is 5.65. The van der Waals surface area contributed by atoms with Crippen LogP contribution in [0.5, 0.6) is 0 Å². The fourth-order valence-corrected chi connectivity index (χ4v) is 2.02. The molecule has 2 nitrogen and oxygen atoms in total. The fourth-order valence-electron chi connectivity index (χ4n) is 2.02. The maximum atomic E-state index is 12.9. The first-order valence-electron chi connectivity index (χ1n) is 5.97. The minimum atomic E-state index is -0.215. The van der Waals surface area contributed by atoms with Crippen LogP contribution in [-0.4, -0.2) is 7.05 Å². The van der Waals surface area contributed by atoms with Crippen LogP contribution in [0.15, 0.2) is 48.5 Å². The van der Waals surface area contributed by atoms with Crippen molar-refractivity contribution in [1.29, 1.82) is 0 Å². The molecule has 0 unspecified atom stereocenters. The predicted molar refractivity (Wildman–Crippen MR) is 72.8 cm³/mol. The van der Waals surface area contributed by atoms with Crippen molar-refractivity contribution in [2.24, 2.45) is 0 Å². The van der Waals surface area contributed by atoms with E-state index in [4.69, 9.17) is 5.73 Å². The molecule has 0 spiro atoms. The van der Waals surface area contributed by atoms with Gasteiger partial charge in [0.2, 0.25) is 0 Å². The van der Waals surface area contributed by atoms with E-state index < -0.39 is 0 Å². The highest BCUT2D eigenvalue weighted by Gasteiger charge is 2.11. The van der Waals surface area contributed by atoms with Crippen LogP contribution in [0.1, 0.15) is 17.2 Å². The molecule has 3 heteroatoms. The summed E-state index contributed by atoms with van der Waals surface area (Å²) >= 11 is 0. The van der Waals surface area contributed by atoms with Gasteiger partial charge in [0.05, 0.1) is 0 Å². The third kappa shape index (κ3) is 2.87. The highest BCUT2D eigenvalue weighted by atomic mass is 19.1. The van der Waals surface area contributed by atoms with Gasteiger partial charge in [-0.2, -0.15) is 0 Å². The van der Waals surface area contributed by atoms with E-state index in [2.05, 4.69) is 5.32 Å². The summed E-state index contributed by atoms with van der Waals surface area (Å²) in [5, 5.41) is 3.24. The van der Waals surface area contributed by atoms with Gasteiger partial charge in [0, 0.05) is 11.7 Å². The lowest BCUT2D eigenvalue weighted by molar-refractivity contribution is 0.586. The molecule has 94 valence electrons. The Hall–Kier alpha value is -1.87. The Morgan fingerprint density at radius 2 is 1.78 bits per heavy atom. The number of nitrogen functional groups attached to an aromatic ring is 1. The van der Waals surface area contributed by atoms with E-state index in [0.29, 0.717) is 0 Å². The van der Waals surface area contributed by atoms with E-state index in [1.54, 1.807) is 12.1 Å². The molecule has 0 aromatic heterocycles. The minimum Gasteiger partial charge on any atom is -0.399 e. The fraction of sp³-hybridized carbons (Fsp3) is 0.200. The van der Waals surface area contributed by atoms with Gasteiger partial charge in [-0.05, 0) is 42.8 Å². The smallest absolute Gasteiger partial charge is 0.123 e. The Labute approximate surface area is 107 Å². The molecule has 2 aromatic rings. The zero-order valence-electron chi connectivity index (χ0n) is 10.4. The van der Waals surface area contributed by atoms with Gasteiger partial charge in [0.1, 0.15) is 5.82 Å². The number of para-hydroxylation sites is 1. The molecule has 0 heterocycles. The molecule has 18 heavy (non-hydrogen) atoms. The maximum Gasteiger partial charge on any atom is 0.123 e. The summed E-state index contributed by atoms with van der Waals surface area (Å²) in [5.41, 5.74) is 8.89. The van der Waals surface area contributed by atoms with Gasteiger partial charge in [0.15, 0.2) is 0 Å². The lowest BCUT2D eigenvalue weighted by atomic mass is 9.98. The third-order valence-corrected chi connectivity index (χ3v) is 3.10. The Bertz CT molecular complexity index is 508. The van der Waals surface area contributed by atoms with Gasteiger partial charge < -0.3 is 11.1 Å². The molecule has 0 aliphatic carbocycles. The molecule has 0 saturated carbocycles. The number of likely N-dealkylation sites (N-methyl/N-ethyl adjacent to an activating group) is 1. The minimum absolute atomic E-state index is 0.135. The Kier molecular flexibility index (Phi) is 3.95. The zero-order valence-corrected chi connectivity index (χ0v) is 10.4. The largest absolute Gasteiger partial charge is 0.399 e. The molecule has 2 rings (SSSR count). The average Bonchev–Trinajstić information content (AvgIpc) is 2.39. The highest BCUT2D eigenvalue weighted by Crippen LogP contribution is 2.21. The quantitative estimate of drug-likeness (QED) is 0.812. The number of nitrogens with two attached hydrogens (primary N) is 1. The Morgan fingerprint density at radius 3 is 2.39 bits per heavy atom. The van der Waals surface area contributed by atoms with Gasteiger partial charge in [0.25, 0.3) is 0 Å². The van der Waals surface area contributed by atoms with E-state index in [1.807, 2.05) is 31.3 Å². The van der Waals surface area contributed by atoms with Crippen molar-refractivity contribution in [3.63, 3.8) is 0 Å². The molecule has 0 fully saturated rings. The molecular formula is C15H17FN2. The second-order valence-electron chi connectivity index (χ2n) is 4.30. The van der Waals surface area contributed by atoms with Crippen LogP contribution < -0.4 is 11.1 Å². The van der Waals surface area contributed by atoms with Gasteiger partial charge in [-0.15, -0.1) is 0 Å². The SMILES string of the molecule is CN[C@H](Cc1ccccc1N)c1ccc(F)cc1. The summed E-state index contributed by atoms with van der Waals surface area (Å²) in [6, 6.07) is 14.5. The van der Waals surface area contributed by atoms with Crippen molar-refractivity contribution in [3.05, 3.63) is 65.5 Å². The lowest BCUT2D eigenvalue weighted by Crippen LogP contribution is -2.19. The monoisotopic (exact) mass is 244 g/mol.